The SMILES string of the molecule is Cc1nccn1CCn1nc(N)nc1Br. The first-order valence-corrected chi connectivity index (χ1v) is 5.29. The minimum absolute atomic E-state index is 0.282. The van der Waals surface area contributed by atoms with Gasteiger partial charge >= 0.3 is 0 Å². The summed E-state index contributed by atoms with van der Waals surface area (Å²) in [4.78, 5) is 8.09. The van der Waals surface area contributed by atoms with Crippen LogP contribution in [0.25, 0.3) is 0 Å². The quantitative estimate of drug-likeness (QED) is 0.897. The highest BCUT2D eigenvalue weighted by Gasteiger charge is 2.04. The average Bonchev–Trinajstić information content (AvgIpc) is 2.70. The summed E-state index contributed by atoms with van der Waals surface area (Å²) >= 11 is 3.28. The van der Waals surface area contributed by atoms with Crippen LogP contribution in [0.2, 0.25) is 0 Å². The van der Waals surface area contributed by atoms with Gasteiger partial charge in [0.1, 0.15) is 5.82 Å². The monoisotopic (exact) mass is 270 g/mol. The fourth-order valence-electron chi connectivity index (χ4n) is 1.32. The third-order valence-electron chi connectivity index (χ3n) is 2.12. The van der Waals surface area contributed by atoms with Gasteiger partial charge in [0.2, 0.25) is 5.95 Å². The fourth-order valence-corrected chi connectivity index (χ4v) is 1.76. The van der Waals surface area contributed by atoms with E-state index in [1.807, 2.05) is 17.7 Å². The first-order chi connectivity index (χ1) is 7.16. The first-order valence-electron chi connectivity index (χ1n) is 4.50. The van der Waals surface area contributed by atoms with Gasteiger partial charge in [-0.3, -0.25) is 0 Å². The summed E-state index contributed by atoms with van der Waals surface area (Å²) in [6.07, 6.45) is 3.71. The molecule has 2 heterocycles. The van der Waals surface area contributed by atoms with E-state index in [4.69, 9.17) is 5.73 Å². The molecule has 80 valence electrons. The van der Waals surface area contributed by atoms with E-state index < -0.39 is 0 Å². The predicted octanol–water partition coefficient (Wildman–Crippen LogP) is 0.828. The summed E-state index contributed by atoms with van der Waals surface area (Å²) in [5.41, 5.74) is 5.47. The smallest absolute Gasteiger partial charge is 0.240 e. The van der Waals surface area contributed by atoms with Crippen LogP contribution < -0.4 is 5.73 Å². The van der Waals surface area contributed by atoms with Crippen molar-refractivity contribution < 1.29 is 0 Å². The average molecular weight is 271 g/mol. The first kappa shape index (κ1) is 10.2. The number of hydrogen-bond acceptors (Lipinski definition) is 4. The molecule has 15 heavy (non-hydrogen) atoms. The van der Waals surface area contributed by atoms with Crippen molar-refractivity contribution in [3.8, 4) is 0 Å². The van der Waals surface area contributed by atoms with Gasteiger partial charge < -0.3 is 10.3 Å². The van der Waals surface area contributed by atoms with E-state index in [9.17, 15) is 0 Å². The van der Waals surface area contributed by atoms with Gasteiger partial charge in [-0.1, -0.05) is 0 Å². The van der Waals surface area contributed by atoms with Gasteiger partial charge in [0.05, 0.1) is 6.54 Å². The molecule has 0 aliphatic carbocycles. The molecule has 6 nitrogen and oxygen atoms in total. The summed E-state index contributed by atoms with van der Waals surface area (Å²) in [6, 6.07) is 0. The molecule has 2 aromatic rings. The molecule has 0 saturated heterocycles. The van der Waals surface area contributed by atoms with Crippen LogP contribution in [-0.4, -0.2) is 24.3 Å². The zero-order valence-electron chi connectivity index (χ0n) is 8.26. The van der Waals surface area contributed by atoms with Crippen LogP contribution in [0, 0.1) is 6.92 Å². The van der Waals surface area contributed by atoms with Gasteiger partial charge in [-0.25, -0.2) is 9.67 Å². The summed E-state index contributed by atoms with van der Waals surface area (Å²) in [5.74, 6) is 1.27. The molecule has 0 amide bonds. The van der Waals surface area contributed by atoms with Crippen molar-refractivity contribution in [2.75, 3.05) is 5.73 Å². The van der Waals surface area contributed by atoms with E-state index >= 15 is 0 Å². The zero-order chi connectivity index (χ0) is 10.8. The predicted molar refractivity (Wildman–Crippen MR) is 59.1 cm³/mol. The van der Waals surface area contributed by atoms with Crippen molar-refractivity contribution in [1.82, 2.24) is 24.3 Å². The standard InChI is InChI=1S/C8H11BrN6/c1-6-11-2-3-14(6)4-5-15-7(9)12-8(10)13-15/h2-3H,4-5H2,1H3,(H2,10,13). The van der Waals surface area contributed by atoms with Crippen molar-refractivity contribution in [2.45, 2.75) is 20.0 Å². The van der Waals surface area contributed by atoms with Gasteiger partial charge in [-0.15, -0.1) is 5.10 Å². The van der Waals surface area contributed by atoms with E-state index in [0.29, 0.717) is 11.3 Å². The Balaban J connectivity index is 2.05. The van der Waals surface area contributed by atoms with Gasteiger partial charge in [-0.2, -0.15) is 4.98 Å². The third kappa shape index (κ3) is 2.17. The molecule has 2 aromatic heterocycles. The molecular formula is C8H11BrN6. The molecule has 0 spiro atoms. The van der Waals surface area contributed by atoms with Crippen molar-refractivity contribution in [2.24, 2.45) is 0 Å². The van der Waals surface area contributed by atoms with E-state index in [2.05, 4.69) is 31.0 Å². The van der Waals surface area contributed by atoms with Crippen molar-refractivity contribution in [1.29, 1.82) is 0 Å². The molecule has 2 N–H and O–H groups in total. The lowest BCUT2D eigenvalue weighted by Gasteiger charge is -2.04. The Kier molecular flexibility index (Phi) is 2.72. The fraction of sp³-hybridized carbons (Fsp3) is 0.375. The Morgan fingerprint density at radius 2 is 2.27 bits per heavy atom. The van der Waals surface area contributed by atoms with Crippen LogP contribution in [0.15, 0.2) is 17.1 Å². The number of halogens is 1. The minimum Gasteiger partial charge on any atom is -0.366 e. The summed E-state index contributed by atoms with van der Waals surface area (Å²) in [6.45, 7) is 3.47. The van der Waals surface area contributed by atoms with E-state index in [1.54, 1.807) is 10.9 Å². The Morgan fingerprint density at radius 3 is 2.80 bits per heavy atom. The highest BCUT2D eigenvalue weighted by Crippen LogP contribution is 2.08. The number of nitrogens with zero attached hydrogens (tertiary/aromatic N) is 5. The Morgan fingerprint density at radius 1 is 1.47 bits per heavy atom. The van der Waals surface area contributed by atoms with Crippen molar-refractivity contribution in [3.63, 3.8) is 0 Å². The summed E-state index contributed by atoms with van der Waals surface area (Å²) in [7, 11) is 0. The molecule has 0 saturated carbocycles. The minimum atomic E-state index is 0.282. The molecule has 0 fully saturated rings. The van der Waals surface area contributed by atoms with Crippen LogP contribution in [0.1, 0.15) is 5.82 Å². The maximum absolute atomic E-state index is 5.47. The molecule has 0 atom stereocenters. The second-order valence-electron chi connectivity index (χ2n) is 3.13. The number of aromatic nitrogens is 5. The lowest BCUT2D eigenvalue weighted by molar-refractivity contribution is 0.518. The molecule has 0 unspecified atom stereocenters. The molecule has 0 aromatic carbocycles. The van der Waals surface area contributed by atoms with E-state index in [1.165, 1.54) is 0 Å². The highest BCUT2D eigenvalue weighted by atomic mass is 79.9. The largest absolute Gasteiger partial charge is 0.366 e. The van der Waals surface area contributed by atoms with E-state index in [0.717, 1.165) is 12.4 Å². The maximum atomic E-state index is 5.47. The normalized spacial score (nSPS) is 10.8. The van der Waals surface area contributed by atoms with Crippen molar-refractivity contribution >= 4 is 21.9 Å². The Bertz CT molecular complexity index is 459. The molecule has 2 rings (SSSR count). The molecular weight excluding hydrogens is 260 g/mol. The van der Waals surface area contributed by atoms with Crippen molar-refractivity contribution in [3.05, 3.63) is 23.0 Å². The third-order valence-corrected chi connectivity index (χ3v) is 2.71. The van der Waals surface area contributed by atoms with Gasteiger partial charge in [0.15, 0.2) is 4.73 Å². The van der Waals surface area contributed by atoms with Gasteiger partial charge in [-0.05, 0) is 22.9 Å². The van der Waals surface area contributed by atoms with Crippen LogP contribution in [0.3, 0.4) is 0 Å². The van der Waals surface area contributed by atoms with Gasteiger partial charge in [0, 0.05) is 18.9 Å². The molecule has 7 heteroatoms. The Labute approximate surface area is 95.3 Å². The van der Waals surface area contributed by atoms with Crippen LogP contribution >= 0.6 is 15.9 Å². The number of aryl methyl sites for hydroxylation is 3. The zero-order valence-corrected chi connectivity index (χ0v) is 9.85. The number of rotatable bonds is 3. The number of anilines is 1. The number of nitrogen functional groups attached to an aromatic ring is 1. The topological polar surface area (TPSA) is 74.5 Å². The number of imidazole rings is 1. The number of hydrogen-bond donors (Lipinski definition) is 1. The maximum Gasteiger partial charge on any atom is 0.240 e. The molecule has 0 aliphatic rings. The van der Waals surface area contributed by atoms with Crippen LogP contribution in [-0.2, 0) is 13.1 Å². The molecule has 0 bridgehead atoms. The second-order valence-corrected chi connectivity index (χ2v) is 3.84. The van der Waals surface area contributed by atoms with Crippen LogP contribution in [0.4, 0.5) is 5.95 Å². The Hall–Kier alpha value is -1.37. The summed E-state index contributed by atoms with van der Waals surface area (Å²) < 4.78 is 4.41. The summed E-state index contributed by atoms with van der Waals surface area (Å²) in [5, 5.41) is 4.04. The lowest BCUT2D eigenvalue weighted by Crippen LogP contribution is -2.09. The second kappa shape index (κ2) is 4.01. The molecule has 0 radical (unpaired) electrons. The van der Waals surface area contributed by atoms with Crippen LogP contribution in [0.5, 0.6) is 0 Å². The van der Waals surface area contributed by atoms with E-state index in [-0.39, 0.29) is 5.95 Å². The molecule has 0 aliphatic heterocycles. The lowest BCUT2D eigenvalue weighted by atomic mass is 10.5. The number of nitrogens with two attached hydrogens (primary N) is 1. The van der Waals surface area contributed by atoms with Gasteiger partial charge in [0.25, 0.3) is 0 Å². The highest BCUT2D eigenvalue weighted by molar-refractivity contribution is 9.10.